The minimum absolute atomic E-state index is 0.210. The summed E-state index contributed by atoms with van der Waals surface area (Å²) in [6.45, 7) is 0. The fourth-order valence-corrected chi connectivity index (χ4v) is 1.30. The number of fused-ring (bicyclic) bond motifs is 1. The van der Waals surface area contributed by atoms with Crippen LogP contribution in [0.4, 0.5) is 10.1 Å². The molecule has 0 saturated carbocycles. The van der Waals surface area contributed by atoms with Crippen molar-refractivity contribution < 1.29 is 4.39 Å². The zero-order valence-corrected chi connectivity index (χ0v) is 6.69. The topological polar surface area (TPSA) is 27.8 Å². The molecule has 1 heterocycles. The summed E-state index contributed by atoms with van der Waals surface area (Å²) in [5.74, 6) is -0.210. The van der Waals surface area contributed by atoms with Crippen molar-refractivity contribution in [2.45, 2.75) is 0 Å². The average Bonchev–Trinajstić information content (AvgIpc) is 2.46. The van der Waals surface area contributed by atoms with E-state index in [4.69, 9.17) is 0 Å². The van der Waals surface area contributed by atoms with Crippen LogP contribution in [0, 0.1) is 5.82 Å². The van der Waals surface area contributed by atoms with Crippen LogP contribution in [0.1, 0.15) is 0 Å². The molecule has 0 spiro atoms. The number of nitrogens with one attached hydrogen (secondary N) is 2. The molecule has 0 saturated heterocycles. The first-order chi connectivity index (χ1) is 5.81. The van der Waals surface area contributed by atoms with Crippen molar-refractivity contribution in [3.63, 3.8) is 0 Å². The zero-order chi connectivity index (χ0) is 8.55. The number of aromatic amines is 1. The molecule has 0 bridgehead atoms. The number of halogens is 1. The van der Waals surface area contributed by atoms with Crippen LogP contribution in [0.15, 0.2) is 24.4 Å². The number of aromatic nitrogens is 1. The van der Waals surface area contributed by atoms with Crippen LogP contribution in [0.25, 0.3) is 10.9 Å². The summed E-state index contributed by atoms with van der Waals surface area (Å²) >= 11 is 0. The fourth-order valence-electron chi connectivity index (χ4n) is 1.30. The number of rotatable bonds is 1. The lowest BCUT2D eigenvalue weighted by atomic mass is 10.2. The third-order valence-corrected chi connectivity index (χ3v) is 1.91. The predicted octanol–water partition coefficient (Wildman–Crippen LogP) is 2.35. The Hall–Kier alpha value is -1.51. The second-order valence-corrected chi connectivity index (χ2v) is 2.64. The maximum Gasteiger partial charge on any atom is 0.124 e. The van der Waals surface area contributed by atoms with Crippen LogP contribution in [0.5, 0.6) is 0 Å². The van der Waals surface area contributed by atoms with Gasteiger partial charge in [0.2, 0.25) is 0 Å². The van der Waals surface area contributed by atoms with Crippen LogP contribution in [-0.2, 0) is 0 Å². The average molecular weight is 164 g/mol. The summed E-state index contributed by atoms with van der Waals surface area (Å²) in [7, 11) is 1.81. The summed E-state index contributed by atoms with van der Waals surface area (Å²) in [5.41, 5.74) is 1.87. The van der Waals surface area contributed by atoms with Gasteiger partial charge in [0, 0.05) is 24.1 Å². The van der Waals surface area contributed by atoms with E-state index in [9.17, 15) is 4.39 Å². The zero-order valence-electron chi connectivity index (χ0n) is 6.69. The van der Waals surface area contributed by atoms with Gasteiger partial charge in [-0.25, -0.2) is 4.39 Å². The molecule has 0 unspecified atom stereocenters. The molecule has 12 heavy (non-hydrogen) atoms. The third-order valence-electron chi connectivity index (χ3n) is 1.91. The van der Waals surface area contributed by atoms with Gasteiger partial charge in [-0.1, -0.05) is 0 Å². The van der Waals surface area contributed by atoms with Gasteiger partial charge in [0.1, 0.15) is 5.82 Å². The van der Waals surface area contributed by atoms with E-state index in [0.29, 0.717) is 0 Å². The molecule has 2 nitrogen and oxygen atoms in total. The smallest absolute Gasteiger partial charge is 0.124 e. The van der Waals surface area contributed by atoms with E-state index in [0.717, 1.165) is 16.6 Å². The quantitative estimate of drug-likeness (QED) is 0.665. The Bertz CT molecular complexity index is 406. The van der Waals surface area contributed by atoms with E-state index in [2.05, 4.69) is 10.3 Å². The largest absolute Gasteiger partial charge is 0.386 e. The Kier molecular flexibility index (Phi) is 1.50. The number of hydrogen-bond acceptors (Lipinski definition) is 1. The lowest BCUT2D eigenvalue weighted by molar-refractivity contribution is 0.630. The number of H-pyrrole nitrogens is 1. The van der Waals surface area contributed by atoms with Gasteiger partial charge in [0.25, 0.3) is 0 Å². The molecule has 0 radical (unpaired) electrons. The molecule has 2 N–H and O–H groups in total. The highest BCUT2D eigenvalue weighted by molar-refractivity contribution is 5.92. The molecule has 3 heteroatoms. The van der Waals surface area contributed by atoms with Crippen molar-refractivity contribution in [2.75, 3.05) is 12.4 Å². The van der Waals surface area contributed by atoms with E-state index in [1.54, 1.807) is 6.07 Å². The summed E-state index contributed by atoms with van der Waals surface area (Å²) in [6.07, 6.45) is 1.82. The van der Waals surface area contributed by atoms with Crippen LogP contribution < -0.4 is 5.32 Å². The first-order valence-electron chi connectivity index (χ1n) is 3.75. The van der Waals surface area contributed by atoms with Crippen molar-refractivity contribution in [1.29, 1.82) is 0 Å². The highest BCUT2D eigenvalue weighted by atomic mass is 19.1. The van der Waals surface area contributed by atoms with Crippen molar-refractivity contribution in [3.8, 4) is 0 Å². The molecule has 2 rings (SSSR count). The predicted molar refractivity (Wildman–Crippen MR) is 47.8 cm³/mol. The highest BCUT2D eigenvalue weighted by Gasteiger charge is 2.01. The van der Waals surface area contributed by atoms with Gasteiger partial charge in [-0.15, -0.1) is 0 Å². The summed E-state index contributed by atoms with van der Waals surface area (Å²) in [4.78, 5) is 3.04. The number of hydrogen-bond donors (Lipinski definition) is 2. The molecule has 0 aliphatic rings. The van der Waals surface area contributed by atoms with Crippen molar-refractivity contribution >= 4 is 16.6 Å². The first kappa shape index (κ1) is 7.16. The van der Waals surface area contributed by atoms with Gasteiger partial charge in [0.15, 0.2) is 0 Å². The minimum atomic E-state index is -0.210. The van der Waals surface area contributed by atoms with E-state index in [1.807, 2.05) is 13.2 Å². The fraction of sp³-hybridized carbons (Fsp3) is 0.111. The maximum atomic E-state index is 12.8. The molecule has 1 aromatic carbocycles. The van der Waals surface area contributed by atoms with E-state index in [1.165, 1.54) is 12.1 Å². The van der Waals surface area contributed by atoms with Gasteiger partial charge < -0.3 is 10.3 Å². The Morgan fingerprint density at radius 3 is 3.00 bits per heavy atom. The molecule has 0 aliphatic heterocycles. The molecule has 0 atom stereocenters. The molecule has 1 aromatic heterocycles. The monoisotopic (exact) mass is 164 g/mol. The lowest BCUT2D eigenvalue weighted by Crippen LogP contribution is -1.84. The van der Waals surface area contributed by atoms with Crippen LogP contribution in [-0.4, -0.2) is 12.0 Å². The second kappa shape index (κ2) is 2.52. The minimum Gasteiger partial charge on any atom is -0.386 e. The van der Waals surface area contributed by atoms with Gasteiger partial charge in [-0.05, 0) is 18.2 Å². The Balaban J connectivity index is 2.75. The SMILES string of the molecule is CNc1c[nH]c2ccc(F)cc12. The summed E-state index contributed by atoms with van der Waals surface area (Å²) in [5, 5.41) is 3.87. The second-order valence-electron chi connectivity index (χ2n) is 2.64. The molecule has 0 fully saturated rings. The van der Waals surface area contributed by atoms with Crippen LogP contribution >= 0.6 is 0 Å². The van der Waals surface area contributed by atoms with E-state index < -0.39 is 0 Å². The third kappa shape index (κ3) is 0.942. The Morgan fingerprint density at radius 1 is 1.42 bits per heavy atom. The van der Waals surface area contributed by atoms with Gasteiger partial charge in [-0.3, -0.25) is 0 Å². The van der Waals surface area contributed by atoms with Crippen molar-refractivity contribution in [3.05, 3.63) is 30.2 Å². The molecule has 2 aromatic rings. The van der Waals surface area contributed by atoms with Gasteiger partial charge >= 0.3 is 0 Å². The standard InChI is InChI=1S/C9H9FN2/c1-11-9-5-12-8-3-2-6(10)4-7(8)9/h2-5,11-12H,1H3. The first-order valence-corrected chi connectivity index (χ1v) is 3.75. The van der Waals surface area contributed by atoms with E-state index in [-0.39, 0.29) is 5.82 Å². The van der Waals surface area contributed by atoms with Crippen LogP contribution in [0.2, 0.25) is 0 Å². The molecular weight excluding hydrogens is 155 g/mol. The molecule has 0 aliphatic carbocycles. The van der Waals surface area contributed by atoms with Crippen molar-refractivity contribution in [1.82, 2.24) is 4.98 Å². The Labute approximate surface area is 69.4 Å². The normalized spacial score (nSPS) is 10.5. The van der Waals surface area contributed by atoms with Crippen molar-refractivity contribution in [2.24, 2.45) is 0 Å². The van der Waals surface area contributed by atoms with Gasteiger partial charge in [0.05, 0.1) is 5.69 Å². The highest BCUT2D eigenvalue weighted by Crippen LogP contribution is 2.22. The lowest BCUT2D eigenvalue weighted by Gasteiger charge is -1.95. The summed E-state index contributed by atoms with van der Waals surface area (Å²) < 4.78 is 12.8. The van der Waals surface area contributed by atoms with Crippen LogP contribution in [0.3, 0.4) is 0 Å². The maximum absolute atomic E-state index is 12.8. The summed E-state index contributed by atoms with van der Waals surface area (Å²) in [6, 6.07) is 4.68. The number of anilines is 1. The molecule has 0 amide bonds. The molecular formula is C9H9FN2. The van der Waals surface area contributed by atoms with Gasteiger partial charge in [-0.2, -0.15) is 0 Å². The Morgan fingerprint density at radius 2 is 2.25 bits per heavy atom. The van der Waals surface area contributed by atoms with E-state index >= 15 is 0 Å². The molecule has 62 valence electrons. The number of benzene rings is 1.